The number of anilines is 1. The number of ether oxygens (including phenoxy) is 2. The molecule has 1 aromatic carbocycles. The molecule has 0 atom stereocenters. The van der Waals surface area contributed by atoms with E-state index in [1.54, 1.807) is 7.11 Å². The zero-order valence-corrected chi connectivity index (χ0v) is 13.0. The quantitative estimate of drug-likeness (QED) is 0.946. The summed E-state index contributed by atoms with van der Waals surface area (Å²) >= 11 is 1.51. The highest BCUT2D eigenvalue weighted by Crippen LogP contribution is 2.40. The Balaban J connectivity index is 2.07. The Morgan fingerprint density at radius 3 is 2.86 bits per heavy atom. The van der Waals surface area contributed by atoms with E-state index in [2.05, 4.69) is 16.4 Å². The van der Waals surface area contributed by atoms with Crippen molar-refractivity contribution in [3.05, 3.63) is 17.7 Å². The van der Waals surface area contributed by atoms with Crippen molar-refractivity contribution < 1.29 is 14.3 Å². The summed E-state index contributed by atoms with van der Waals surface area (Å²) in [7, 11) is 1.64. The highest BCUT2D eigenvalue weighted by atomic mass is 32.1. The molecule has 0 radical (unpaired) electrons. The van der Waals surface area contributed by atoms with E-state index in [1.165, 1.54) is 23.8 Å². The van der Waals surface area contributed by atoms with Crippen molar-refractivity contribution >= 4 is 32.6 Å². The predicted octanol–water partition coefficient (Wildman–Crippen LogP) is 3.16. The summed E-state index contributed by atoms with van der Waals surface area (Å²) in [4.78, 5) is 15.7. The molecule has 1 saturated heterocycles. The number of aromatic nitrogens is 1. The molecule has 2 heterocycles. The van der Waals surface area contributed by atoms with Crippen LogP contribution in [0.2, 0.25) is 0 Å². The first-order valence-electron chi connectivity index (χ1n) is 7.02. The Bertz CT molecular complexity index is 662. The summed E-state index contributed by atoms with van der Waals surface area (Å²) in [6, 6.07) is 4.08. The van der Waals surface area contributed by atoms with E-state index in [4.69, 9.17) is 9.47 Å². The van der Waals surface area contributed by atoms with Gasteiger partial charge in [-0.05, 0) is 30.4 Å². The van der Waals surface area contributed by atoms with E-state index in [1.807, 2.05) is 6.07 Å². The van der Waals surface area contributed by atoms with Gasteiger partial charge in [0.25, 0.3) is 0 Å². The first-order valence-corrected chi connectivity index (χ1v) is 7.83. The van der Waals surface area contributed by atoms with E-state index in [9.17, 15) is 4.79 Å². The molecule has 2 aromatic rings. The fourth-order valence-corrected chi connectivity index (χ4v) is 3.82. The largest absolute Gasteiger partial charge is 0.494 e. The van der Waals surface area contributed by atoms with E-state index in [0.29, 0.717) is 11.0 Å². The number of benzene rings is 1. The maximum absolute atomic E-state index is 11.2. The van der Waals surface area contributed by atoms with Gasteiger partial charge in [0.15, 0.2) is 5.13 Å². The monoisotopic (exact) mass is 306 g/mol. The van der Waals surface area contributed by atoms with Crippen molar-refractivity contribution in [2.75, 3.05) is 25.6 Å². The van der Waals surface area contributed by atoms with Crippen LogP contribution < -0.4 is 10.1 Å². The maximum Gasteiger partial charge on any atom is 0.223 e. The molecule has 112 valence electrons. The fourth-order valence-electron chi connectivity index (χ4n) is 2.70. The number of thiazole rings is 1. The van der Waals surface area contributed by atoms with Crippen LogP contribution in [0.3, 0.4) is 0 Å². The summed E-state index contributed by atoms with van der Waals surface area (Å²) in [6.07, 6.45) is 2.05. The molecule has 1 amide bonds. The summed E-state index contributed by atoms with van der Waals surface area (Å²) < 4.78 is 11.9. The minimum absolute atomic E-state index is 0.111. The molecule has 1 aromatic heterocycles. The maximum atomic E-state index is 11.2. The van der Waals surface area contributed by atoms with Gasteiger partial charge >= 0.3 is 0 Å². The first kappa shape index (κ1) is 14.3. The van der Waals surface area contributed by atoms with Crippen molar-refractivity contribution in [2.24, 2.45) is 0 Å². The van der Waals surface area contributed by atoms with Gasteiger partial charge in [0, 0.05) is 20.1 Å². The number of hydrogen-bond acceptors (Lipinski definition) is 5. The van der Waals surface area contributed by atoms with E-state index in [0.717, 1.165) is 42.0 Å². The molecular formula is C15H18N2O3S. The summed E-state index contributed by atoms with van der Waals surface area (Å²) in [5.74, 6) is 1.12. The van der Waals surface area contributed by atoms with Gasteiger partial charge in [0.05, 0.1) is 11.8 Å². The lowest BCUT2D eigenvalue weighted by Gasteiger charge is -2.23. The zero-order valence-electron chi connectivity index (χ0n) is 12.1. The summed E-state index contributed by atoms with van der Waals surface area (Å²) in [6.45, 7) is 3.09. The predicted molar refractivity (Wildman–Crippen MR) is 83.3 cm³/mol. The van der Waals surface area contributed by atoms with Gasteiger partial charge in [-0.1, -0.05) is 17.4 Å². The fraction of sp³-hybridized carbons (Fsp3) is 0.467. The highest BCUT2D eigenvalue weighted by molar-refractivity contribution is 7.22. The molecule has 5 nitrogen and oxygen atoms in total. The molecule has 0 unspecified atom stereocenters. The molecular weight excluding hydrogens is 288 g/mol. The van der Waals surface area contributed by atoms with Crippen molar-refractivity contribution in [3.63, 3.8) is 0 Å². The average Bonchev–Trinajstić information content (AvgIpc) is 2.89. The average molecular weight is 306 g/mol. The molecule has 0 bridgehead atoms. The number of carbonyl (C=O) groups is 1. The van der Waals surface area contributed by atoms with Crippen LogP contribution in [0.15, 0.2) is 12.1 Å². The van der Waals surface area contributed by atoms with Gasteiger partial charge in [-0.2, -0.15) is 0 Å². The Labute approximate surface area is 127 Å². The standard InChI is InChI=1S/C15H18N2O3S/c1-9(18)16-15-17-13-12(19-2)4-3-11(14(13)21-15)10-5-7-20-8-6-10/h3-4,10H,5-8H2,1-2H3,(H,16,17,18). The molecule has 0 saturated carbocycles. The molecule has 0 spiro atoms. The van der Waals surface area contributed by atoms with Crippen molar-refractivity contribution in [2.45, 2.75) is 25.7 Å². The van der Waals surface area contributed by atoms with E-state index < -0.39 is 0 Å². The molecule has 21 heavy (non-hydrogen) atoms. The number of carbonyl (C=O) groups excluding carboxylic acids is 1. The van der Waals surface area contributed by atoms with Crippen molar-refractivity contribution in [3.8, 4) is 5.75 Å². The third kappa shape index (κ3) is 2.87. The van der Waals surface area contributed by atoms with Crippen molar-refractivity contribution in [1.82, 2.24) is 4.98 Å². The second kappa shape index (κ2) is 5.99. The van der Waals surface area contributed by atoms with Gasteiger partial charge in [-0.25, -0.2) is 4.98 Å². The molecule has 1 aliphatic heterocycles. The Morgan fingerprint density at radius 1 is 1.43 bits per heavy atom. The van der Waals surface area contributed by atoms with Crippen LogP contribution in [0.25, 0.3) is 10.2 Å². The number of nitrogens with zero attached hydrogens (tertiary/aromatic N) is 1. The topological polar surface area (TPSA) is 60.5 Å². The van der Waals surface area contributed by atoms with Gasteiger partial charge in [0.1, 0.15) is 11.3 Å². The lowest BCUT2D eigenvalue weighted by atomic mass is 9.91. The van der Waals surface area contributed by atoms with E-state index >= 15 is 0 Å². The van der Waals surface area contributed by atoms with Crippen LogP contribution in [0.4, 0.5) is 5.13 Å². The summed E-state index contributed by atoms with van der Waals surface area (Å²) in [5, 5.41) is 3.38. The van der Waals surface area contributed by atoms with Crippen LogP contribution in [-0.4, -0.2) is 31.2 Å². The van der Waals surface area contributed by atoms with Gasteiger partial charge in [-0.3, -0.25) is 4.79 Å². The highest BCUT2D eigenvalue weighted by Gasteiger charge is 2.21. The van der Waals surface area contributed by atoms with Gasteiger partial charge in [-0.15, -0.1) is 0 Å². The number of rotatable bonds is 3. The van der Waals surface area contributed by atoms with Crippen LogP contribution in [-0.2, 0) is 9.53 Å². The molecule has 0 aliphatic carbocycles. The number of hydrogen-bond donors (Lipinski definition) is 1. The smallest absolute Gasteiger partial charge is 0.223 e. The Kier molecular flexibility index (Phi) is 4.07. The number of amides is 1. The minimum atomic E-state index is -0.111. The van der Waals surface area contributed by atoms with Crippen LogP contribution in [0, 0.1) is 0 Å². The van der Waals surface area contributed by atoms with Crippen LogP contribution in [0.1, 0.15) is 31.2 Å². The molecule has 3 rings (SSSR count). The molecule has 6 heteroatoms. The second-order valence-electron chi connectivity index (χ2n) is 5.12. The molecule has 1 N–H and O–H groups in total. The van der Waals surface area contributed by atoms with Crippen LogP contribution in [0.5, 0.6) is 5.75 Å². The summed E-state index contributed by atoms with van der Waals surface area (Å²) in [5.41, 5.74) is 2.11. The minimum Gasteiger partial charge on any atom is -0.494 e. The zero-order chi connectivity index (χ0) is 14.8. The Hall–Kier alpha value is -1.66. The van der Waals surface area contributed by atoms with Crippen molar-refractivity contribution in [1.29, 1.82) is 0 Å². The number of fused-ring (bicyclic) bond motifs is 1. The number of nitrogens with one attached hydrogen (secondary N) is 1. The first-order chi connectivity index (χ1) is 10.2. The van der Waals surface area contributed by atoms with Gasteiger partial charge in [0.2, 0.25) is 5.91 Å². The van der Waals surface area contributed by atoms with E-state index in [-0.39, 0.29) is 5.91 Å². The lowest BCUT2D eigenvalue weighted by molar-refractivity contribution is -0.114. The van der Waals surface area contributed by atoms with Crippen LogP contribution >= 0.6 is 11.3 Å². The molecule has 1 fully saturated rings. The Morgan fingerprint density at radius 2 is 2.19 bits per heavy atom. The lowest BCUT2D eigenvalue weighted by Crippen LogP contribution is -2.14. The third-order valence-electron chi connectivity index (χ3n) is 3.70. The van der Waals surface area contributed by atoms with Gasteiger partial charge < -0.3 is 14.8 Å². The molecule has 1 aliphatic rings. The third-order valence-corrected chi connectivity index (χ3v) is 4.72. The number of methoxy groups -OCH3 is 1. The SMILES string of the molecule is COc1ccc(C2CCOCC2)c2sc(NC(C)=O)nc12. The second-order valence-corrected chi connectivity index (χ2v) is 6.12. The normalized spacial score (nSPS) is 16.1.